The third-order valence-corrected chi connectivity index (χ3v) is 6.63. The molecule has 35 heavy (non-hydrogen) atoms. The average Bonchev–Trinajstić information content (AvgIpc) is 3.50. The number of thiazole rings is 1. The number of benzene rings is 3. The zero-order valence-electron chi connectivity index (χ0n) is 18.3. The van der Waals surface area contributed by atoms with Crippen LogP contribution in [0, 0.1) is 0 Å². The molecule has 0 spiro atoms. The Hall–Kier alpha value is -3.94. The maximum absolute atomic E-state index is 13.2. The number of amides is 1. The van der Waals surface area contributed by atoms with Crippen molar-refractivity contribution in [2.75, 3.05) is 4.90 Å². The fourth-order valence-corrected chi connectivity index (χ4v) is 4.75. The second-order valence-electron chi connectivity index (χ2n) is 7.84. The van der Waals surface area contributed by atoms with E-state index in [4.69, 9.17) is 16.3 Å². The van der Waals surface area contributed by atoms with Gasteiger partial charge in [0.1, 0.15) is 18.1 Å². The number of rotatable bonds is 6. The summed E-state index contributed by atoms with van der Waals surface area (Å²) < 4.78 is 5.97. The van der Waals surface area contributed by atoms with E-state index in [9.17, 15) is 14.7 Å². The van der Waals surface area contributed by atoms with Gasteiger partial charge in [-0.2, -0.15) is 0 Å². The Morgan fingerprint density at radius 2 is 1.80 bits per heavy atom. The topological polar surface area (TPSA) is 79.7 Å². The molecule has 1 unspecified atom stereocenters. The molecule has 0 aliphatic carbocycles. The number of ketones is 1. The van der Waals surface area contributed by atoms with Crippen LogP contribution in [0.2, 0.25) is 5.02 Å². The zero-order valence-corrected chi connectivity index (χ0v) is 19.9. The number of hydrogen-bond donors (Lipinski definition) is 1. The molecule has 1 atom stereocenters. The molecule has 1 N–H and O–H groups in total. The summed E-state index contributed by atoms with van der Waals surface area (Å²) in [7, 11) is 0. The second kappa shape index (κ2) is 9.74. The normalized spacial score (nSPS) is 17.1. The average molecular weight is 503 g/mol. The fraction of sp³-hybridized carbons (Fsp3) is 0.0741. The summed E-state index contributed by atoms with van der Waals surface area (Å²) in [6.45, 7) is 0.363. The monoisotopic (exact) mass is 502 g/mol. The number of carbonyl (C=O) groups is 2. The van der Waals surface area contributed by atoms with Gasteiger partial charge in [0, 0.05) is 22.2 Å². The number of Topliss-reactive ketones (excluding diaryl/α,β-unsaturated/α-hetero) is 1. The van der Waals surface area contributed by atoms with E-state index in [0.29, 0.717) is 33.6 Å². The third-order valence-electron chi connectivity index (χ3n) is 5.61. The van der Waals surface area contributed by atoms with Crippen LogP contribution in [0.15, 0.2) is 96.0 Å². The van der Waals surface area contributed by atoms with E-state index in [1.54, 1.807) is 60.1 Å². The van der Waals surface area contributed by atoms with Gasteiger partial charge in [-0.15, -0.1) is 11.3 Å². The lowest BCUT2D eigenvalue weighted by Gasteiger charge is -2.23. The van der Waals surface area contributed by atoms with Crippen molar-refractivity contribution in [3.8, 4) is 5.75 Å². The van der Waals surface area contributed by atoms with E-state index in [1.165, 1.54) is 16.2 Å². The summed E-state index contributed by atoms with van der Waals surface area (Å²) in [5.41, 5.74) is 1.98. The Bertz CT molecular complexity index is 1400. The van der Waals surface area contributed by atoms with Gasteiger partial charge in [-0.1, -0.05) is 54.1 Å². The zero-order chi connectivity index (χ0) is 24.4. The molecule has 0 radical (unpaired) electrons. The lowest BCUT2D eigenvalue weighted by atomic mass is 9.95. The number of anilines is 1. The Kier molecular flexibility index (Phi) is 6.35. The van der Waals surface area contributed by atoms with Crippen LogP contribution in [0.1, 0.15) is 22.7 Å². The number of aliphatic hydroxyl groups is 1. The molecule has 8 heteroatoms. The van der Waals surface area contributed by atoms with E-state index >= 15 is 0 Å². The molecule has 0 saturated carbocycles. The van der Waals surface area contributed by atoms with Crippen LogP contribution >= 0.6 is 22.9 Å². The van der Waals surface area contributed by atoms with Crippen molar-refractivity contribution in [3.63, 3.8) is 0 Å². The highest BCUT2D eigenvalue weighted by Gasteiger charge is 2.48. The quantitative estimate of drug-likeness (QED) is 0.199. The van der Waals surface area contributed by atoms with E-state index in [0.717, 1.165) is 5.56 Å². The molecule has 1 saturated heterocycles. The minimum Gasteiger partial charge on any atom is -0.507 e. The highest BCUT2D eigenvalue weighted by atomic mass is 35.5. The summed E-state index contributed by atoms with van der Waals surface area (Å²) in [6, 6.07) is 22.5. The van der Waals surface area contributed by atoms with Crippen molar-refractivity contribution in [3.05, 3.63) is 118 Å². The molecule has 1 amide bonds. The van der Waals surface area contributed by atoms with Gasteiger partial charge in [-0.3, -0.25) is 14.5 Å². The molecule has 3 aromatic carbocycles. The largest absolute Gasteiger partial charge is 0.507 e. The first-order valence-electron chi connectivity index (χ1n) is 10.8. The van der Waals surface area contributed by atoms with Crippen LogP contribution in [0.25, 0.3) is 5.76 Å². The molecule has 1 fully saturated rings. The van der Waals surface area contributed by atoms with Crippen molar-refractivity contribution >= 4 is 45.5 Å². The molecule has 1 aliphatic rings. The number of aromatic nitrogens is 1. The van der Waals surface area contributed by atoms with Crippen molar-refractivity contribution in [2.24, 2.45) is 0 Å². The first-order valence-corrected chi connectivity index (χ1v) is 12.0. The Morgan fingerprint density at radius 1 is 1.03 bits per heavy atom. The molecular weight excluding hydrogens is 484 g/mol. The van der Waals surface area contributed by atoms with Gasteiger partial charge in [0.05, 0.1) is 11.6 Å². The van der Waals surface area contributed by atoms with Crippen LogP contribution in [0.3, 0.4) is 0 Å². The summed E-state index contributed by atoms with van der Waals surface area (Å²) in [4.78, 5) is 31.9. The van der Waals surface area contributed by atoms with Crippen molar-refractivity contribution < 1.29 is 19.4 Å². The van der Waals surface area contributed by atoms with Gasteiger partial charge < -0.3 is 9.84 Å². The smallest absolute Gasteiger partial charge is 0.301 e. The number of nitrogens with zero attached hydrogens (tertiary/aromatic N) is 2. The van der Waals surface area contributed by atoms with Gasteiger partial charge >= 0.3 is 5.91 Å². The molecule has 2 heterocycles. The Balaban J connectivity index is 1.58. The lowest BCUT2D eigenvalue weighted by molar-refractivity contribution is -0.132. The number of ether oxygens (including phenoxy) is 1. The number of carbonyl (C=O) groups excluding carboxylic acids is 2. The molecule has 1 aliphatic heterocycles. The molecule has 174 valence electrons. The second-order valence-corrected chi connectivity index (χ2v) is 9.15. The Labute approximate surface area is 210 Å². The highest BCUT2D eigenvalue weighted by molar-refractivity contribution is 7.14. The van der Waals surface area contributed by atoms with Crippen LogP contribution in [-0.4, -0.2) is 21.8 Å². The van der Waals surface area contributed by atoms with Crippen molar-refractivity contribution in [2.45, 2.75) is 12.6 Å². The lowest BCUT2D eigenvalue weighted by Crippen LogP contribution is -2.29. The van der Waals surface area contributed by atoms with Gasteiger partial charge in [-0.05, 0) is 47.5 Å². The summed E-state index contributed by atoms with van der Waals surface area (Å²) in [6.07, 6.45) is 1.56. The van der Waals surface area contributed by atoms with Crippen molar-refractivity contribution in [1.82, 2.24) is 4.98 Å². The number of halogens is 1. The maximum Gasteiger partial charge on any atom is 0.301 e. The fourth-order valence-electron chi connectivity index (χ4n) is 3.96. The van der Waals surface area contributed by atoms with Crippen LogP contribution < -0.4 is 9.64 Å². The predicted octanol–water partition coefficient (Wildman–Crippen LogP) is 6.00. The molecular formula is C27H19ClN2O4S. The van der Waals surface area contributed by atoms with E-state index in [1.807, 2.05) is 30.3 Å². The molecule has 4 aromatic rings. The third kappa shape index (κ3) is 4.56. The maximum atomic E-state index is 13.2. The van der Waals surface area contributed by atoms with E-state index in [-0.39, 0.29) is 11.3 Å². The van der Waals surface area contributed by atoms with Gasteiger partial charge in [-0.25, -0.2) is 4.98 Å². The van der Waals surface area contributed by atoms with Gasteiger partial charge in [0.2, 0.25) is 0 Å². The van der Waals surface area contributed by atoms with Crippen LogP contribution in [-0.2, 0) is 16.2 Å². The highest BCUT2D eigenvalue weighted by Crippen LogP contribution is 2.43. The van der Waals surface area contributed by atoms with E-state index in [2.05, 4.69) is 4.98 Å². The summed E-state index contributed by atoms with van der Waals surface area (Å²) in [5.74, 6) is -1.24. The minimum atomic E-state index is -0.878. The molecule has 0 bridgehead atoms. The van der Waals surface area contributed by atoms with E-state index < -0.39 is 17.7 Å². The first-order chi connectivity index (χ1) is 17.0. The molecule has 1 aromatic heterocycles. The SMILES string of the molecule is O=C1C(=O)N(c2nccs2)C(c2cccc(OCc3ccccc3)c2)/C1=C(\O)c1ccc(Cl)cc1. The summed E-state index contributed by atoms with van der Waals surface area (Å²) in [5, 5.41) is 13.7. The Morgan fingerprint density at radius 3 is 2.51 bits per heavy atom. The minimum absolute atomic E-state index is 0.0206. The summed E-state index contributed by atoms with van der Waals surface area (Å²) >= 11 is 7.22. The number of aliphatic hydroxyl groups excluding tert-OH is 1. The standard InChI is InChI=1S/C27H19ClN2O4S/c28-20-11-9-18(10-12-20)24(31)22-23(30(26(33)25(22)32)27-29-13-14-35-27)19-7-4-8-21(15-19)34-16-17-5-2-1-3-6-17/h1-15,23,31H,16H2/b24-22+. The van der Waals surface area contributed by atoms with Crippen LogP contribution in [0.5, 0.6) is 5.75 Å². The van der Waals surface area contributed by atoms with Crippen LogP contribution in [0.4, 0.5) is 5.13 Å². The predicted molar refractivity (Wildman–Crippen MR) is 136 cm³/mol. The van der Waals surface area contributed by atoms with Gasteiger partial charge in [0.15, 0.2) is 5.13 Å². The molecule has 6 nitrogen and oxygen atoms in total. The molecule has 5 rings (SSSR count). The van der Waals surface area contributed by atoms with Crippen molar-refractivity contribution in [1.29, 1.82) is 0 Å². The van der Waals surface area contributed by atoms with Gasteiger partial charge in [0.25, 0.3) is 5.78 Å². The number of hydrogen-bond acceptors (Lipinski definition) is 6. The first kappa shape index (κ1) is 22.8.